The Morgan fingerprint density at radius 2 is 1.96 bits per heavy atom. The lowest BCUT2D eigenvalue weighted by Gasteiger charge is -2.10. The van der Waals surface area contributed by atoms with Crippen molar-refractivity contribution in [3.63, 3.8) is 0 Å². The molecule has 0 aliphatic rings. The molecule has 26 heavy (non-hydrogen) atoms. The zero-order valence-corrected chi connectivity index (χ0v) is 15.2. The van der Waals surface area contributed by atoms with E-state index in [0.29, 0.717) is 22.9 Å². The molecule has 3 aromatic rings. The molecule has 0 saturated carbocycles. The van der Waals surface area contributed by atoms with Crippen LogP contribution in [0.25, 0.3) is 0 Å². The van der Waals surface area contributed by atoms with Crippen molar-refractivity contribution in [3.05, 3.63) is 78.2 Å². The van der Waals surface area contributed by atoms with Gasteiger partial charge in [0, 0.05) is 36.1 Å². The lowest BCUT2D eigenvalue weighted by Crippen LogP contribution is -2.13. The van der Waals surface area contributed by atoms with Crippen molar-refractivity contribution < 1.29 is 9.53 Å². The average molecular weight is 365 g/mol. The summed E-state index contributed by atoms with van der Waals surface area (Å²) in [6.07, 6.45) is 5.21. The Morgan fingerprint density at radius 3 is 2.77 bits per heavy atom. The summed E-state index contributed by atoms with van der Waals surface area (Å²) < 4.78 is 5.47. The van der Waals surface area contributed by atoms with E-state index in [1.165, 1.54) is 11.8 Å². The Balaban J connectivity index is 1.72. The summed E-state index contributed by atoms with van der Waals surface area (Å²) in [5.41, 5.74) is 2.37. The molecule has 5 nitrogen and oxygen atoms in total. The van der Waals surface area contributed by atoms with Gasteiger partial charge in [0.15, 0.2) is 0 Å². The average Bonchev–Trinajstić information content (AvgIpc) is 2.68. The third-order valence-electron chi connectivity index (χ3n) is 3.54. The van der Waals surface area contributed by atoms with Crippen LogP contribution < -0.4 is 10.1 Å². The highest BCUT2D eigenvalue weighted by molar-refractivity contribution is 7.98. The number of amides is 1. The van der Waals surface area contributed by atoms with E-state index in [1.807, 2.05) is 43.3 Å². The van der Waals surface area contributed by atoms with Gasteiger partial charge in [0.2, 0.25) is 0 Å². The number of hydrogen-bond donors (Lipinski definition) is 1. The predicted molar refractivity (Wildman–Crippen MR) is 104 cm³/mol. The number of benzene rings is 1. The van der Waals surface area contributed by atoms with Gasteiger partial charge in [-0.25, -0.2) is 4.98 Å². The van der Waals surface area contributed by atoms with Crippen molar-refractivity contribution in [2.75, 3.05) is 11.9 Å². The SMILES string of the molecule is CCOc1cccc(NC(=O)c2cccnc2SCc2ccncc2)c1. The molecule has 0 atom stereocenters. The van der Waals surface area contributed by atoms with Crippen LogP contribution in [0.2, 0.25) is 0 Å². The Bertz CT molecular complexity index is 872. The fourth-order valence-corrected chi connectivity index (χ4v) is 3.29. The molecule has 1 N–H and O–H groups in total. The molecular weight excluding hydrogens is 346 g/mol. The third kappa shape index (κ3) is 4.83. The number of carbonyl (C=O) groups is 1. The number of nitrogens with one attached hydrogen (secondary N) is 1. The minimum Gasteiger partial charge on any atom is -0.494 e. The van der Waals surface area contributed by atoms with Gasteiger partial charge in [0.1, 0.15) is 10.8 Å². The van der Waals surface area contributed by atoms with Gasteiger partial charge < -0.3 is 10.1 Å². The number of hydrogen-bond acceptors (Lipinski definition) is 5. The summed E-state index contributed by atoms with van der Waals surface area (Å²) >= 11 is 1.53. The van der Waals surface area contributed by atoms with E-state index in [0.717, 1.165) is 17.1 Å². The first-order chi connectivity index (χ1) is 12.8. The van der Waals surface area contributed by atoms with E-state index < -0.39 is 0 Å². The smallest absolute Gasteiger partial charge is 0.258 e. The van der Waals surface area contributed by atoms with Crippen molar-refractivity contribution in [3.8, 4) is 5.75 Å². The molecule has 1 aromatic carbocycles. The van der Waals surface area contributed by atoms with Crippen LogP contribution in [0.5, 0.6) is 5.75 Å². The van der Waals surface area contributed by atoms with E-state index in [1.54, 1.807) is 30.7 Å². The molecule has 0 unspecified atom stereocenters. The predicted octanol–water partition coefficient (Wildman–Crippen LogP) is 4.42. The summed E-state index contributed by atoms with van der Waals surface area (Å²) in [4.78, 5) is 21.1. The van der Waals surface area contributed by atoms with E-state index in [-0.39, 0.29) is 5.91 Å². The maximum atomic E-state index is 12.7. The fourth-order valence-electron chi connectivity index (χ4n) is 2.34. The van der Waals surface area contributed by atoms with Crippen LogP contribution in [0.4, 0.5) is 5.69 Å². The molecule has 1 amide bonds. The van der Waals surface area contributed by atoms with Crippen molar-refractivity contribution in [1.29, 1.82) is 0 Å². The van der Waals surface area contributed by atoms with Crippen LogP contribution in [0.15, 0.2) is 72.1 Å². The van der Waals surface area contributed by atoms with Gasteiger partial charge in [-0.3, -0.25) is 9.78 Å². The highest BCUT2D eigenvalue weighted by atomic mass is 32.2. The van der Waals surface area contributed by atoms with E-state index >= 15 is 0 Å². The van der Waals surface area contributed by atoms with Gasteiger partial charge in [-0.05, 0) is 48.9 Å². The van der Waals surface area contributed by atoms with Crippen LogP contribution >= 0.6 is 11.8 Å². The second-order valence-corrected chi connectivity index (χ2v) is 6.38. The molecule has 0 spiro atoms. The Kier molecular flexibility index (Phi) is 6.22. The number of nitrogens with zero attached hydrogens (tertiary/aromatic N) is 2. The Morgan fingerprint density at radius 1 is 1.12 bits per heavy atom. The molecule has 0 fully saturated rings. The number of thioether (sulfide) groups is 1. The lowest BCUT2D eigenvalue weighted by molar-refractivity contribution is 0.102. The number of rotatable bonds is 7. The molecule has 132 valence electrons. The minimum atomic E-state index is -0.191. The van der Waals surface area contributed by atoms with Crippen LogP contribution in [-0.2, 0) is 5.75 Å². The van der Waals surface area contributed by atoms with Crippen LogP contribution in [0.3, 0.4) is 0 Å². The number of anilines is 1. The van der Waals surface area contributed by atoms with Crippen LogP contribution in [0.1, 0.15) is 22.8 Å². The Hall–Kier alpha value is -2.86. The second kappa shape index (κ2) is 9.01. The number of aromatic nitrogens is 2. The maximum absolute atomic E-state index is 12.7. The van der Waals surface area contributed by atoms with Crippen molar-refractivity contribution in [2.45, 2.75) is 17.7 Å². The zero-order chi connectivity index (χ0) is 18.2. The van der Waals surface area contributed by atoms with Gasteiger partial charge in [0.25, 0.3) is 5.91 Å². The summed E-state index contributed by atoms with van der Waals surface area (Å²) in [5, 5.41) is 3.61. The van der Waals surface area contributed by atoms with Gasteiger partial charge in [-0.1, -0.05) is 6.07 Å². The molecule has 0 aliphatic carbocycles. The Labute approximate surface area is 156 Å². The number of carbonyl (C=O) groups excluding carboxylic acids is 1. The molecule has 0 radical (unpaired) electrons. The zero-order valence-electron chi connectivity index (χ0n) is 14.4. The van der Waals surface area contributed by atoms with E-state index in [2.05, 4.69) is 15.3 Å². The molecule has 2 aromatic heterocycles. The minimum absolute atomic E-state index is 0.191. The summed E-state index contributed by atoms with van der Waals surface area (Å²) in [6.45, 7) is 2.50. The van der Waals surface area contributed by atoms with E-state index in [4.69, 9.17) is 4.74 Å². The normalized spacial score (nSPS) is 10.3. The monoisotopic (exact) mass is 365 g/mol. The molecule has 0 aliphatic heterocycles. The lowest BCUT2D eigenvalue weighted by atomic mass is 10.2. The molecule has 6 heteroatoms. The highest BCUT2D eigenvalue weighted by Gasteiger charge is 2.13. The molecule has 3 rings (SSSR count). The summed E-state index contributed by atoms with van der Waals surface area (Å²) in [5.74, 6) is 1.26. The highest BCUT2D eigenvalue weighted by Crippen LogP contribution is 2.25. The van der Waals surface area contributed by atoms with E-state index in [9.17, 15) is 4.79 Å². The summed E-state index contributed by atoms with van der Waals surface area (Å²) in [6, 6.07) is 14.8. The van der Waals surface area contributed by atoms with Crippen molar-refractivity contribution >= 4 is 23.4 Å². The third-order valence-corrected chi connectivity index (χ3v) is 4.62. The standard InChI is InChI=1S/C20H19N3O2S/c1-2-25-17-6-3-5-16(13-17)23-19(24)18-7-4-10-22-20(18)26-14-15-8-11-21-12-9-15/h3-13H,2,14H2,1H3,(H,23,24). The topological polar surface area (TPSA) is 64.1 Å². The van der Waals surface area contributed by atoms with Crippen molar-refractivity contribution in [2.24, 2.45) is 0 Å². The first-order valence-corrected chi connectivity index (χ1v) is 9.25. The first-order valence-electron chi connectivity index (χ1n) is 8.27. The molecule has 2 heterocycles. The quantitative estimate of drug-likeness (QED) is 0.628. The van der Waals surface area contributed by atoms with Gasteiger partial charge in [-0.15, -0.1) is 11.8 Å². The largest absolute Gasteiger partial charge is 0.494 e. The maximum Gasteiger partial charge on any atom is 0.258 e. The molecule has 0 saturated heterocycles. The number of pyridine rings is 2. The molecular formula is C20H19N3O2S. The number of ether oxygens (including phenoxy) is 1. The van der Waals surface area contributed by atoms with Crippen LogP contribution in [0, 0.1) is 0 Å². The van der Waals surface area contributed by atoms with Crippen LogP contribution in [-0.4, -0.2) is 22.5 Å². The fraction of sp³-hybridized carbons (Fsp3) is 0.150. The first kappa shape index (κ1) is 17.9. The molecule has 0 bridgehead atoms. The summed E-state index contributed by atoms with van der Waals surface area (Å²) in [7, 11) is 0. The van der Waals surface area contributed by atoms with Gasteiger partial charge in [-0.2, -0.15) is 0 Å². The van der Waals surface area contributed by atoms with Gasteiger partial charge in [0.05, 0.1) is 12.2 Å². The van der Waals surface area contributed by atoms with Crippen molar-refractivity contribution in [1.82, 2.24) is 9.97 Å². The second-order valence-electron chi connectivity index (χ2n) is 5.42. The van der Waals surface area contributed by atoms with Gasteiger partial charge >= 0.3 is 0 Å².